The Hall–Kier alpha value is -1.83. The number of aromatic nitrogens is 2. The molecule has 0 atom stereocenters. The lowest BCUT2D eigenvalue weighted by Crippen LogP contribution is -2.14. The summed E-state index contributed by atoms with van der Waals surface area (Å²) in [6, 6.07) is 4.44. The zero-order valence-corrected chi connectivity index (χ0v) is 13.3. The molecule has 8 heteroatoms. The molecule has 22 heavy (non-hydrogen) atoms. The van der Waals surface area contributed by atoms with Gasteiger partial charge in [-0.3, -0.25) is 9.89 Å². The van der Waals surface area contributed by atoms with Crippen molar-refractivity contribution in [2.45, 2.75) is 25.9 Å². The molecule has 0 spiro atoms. The van der Waals surface area contributed by atoms with Crippen LogP contribution in [0, 0.1) is 0 Å². The van der Waals surface area contributed by atoms with Crippen molar-refractivity contribution < 1.29 is 18.0 Å². The molecule has 0 unspecified atom stereocenters. The van der Waals surface area contributed by atoms with Gasteiger partial charge >= 0.3 is 6.18 Å². The van der Waals surface area contributed by atoms with Crippen LogP contribution in [0.15, 0.2) is 28.7 Å². The van der Waals surface area contributed by atoms with E-state index >= 15 is 0 Å². The second-order valence-corrected chi connectivity index (χ2v) is 5.78. The Morgan fingerprint density at radius 2 is 2.05 bits per heavy atom. The molecule has 2 N–H and O–H groups in total. The summed E-state index contributed by atoms with van der Waals surface area (Å²) in [6.45, 7) is 3.85. The van der Waals surface area contributed by atoms with Crippen molar-refractivity contribution in [3.05, 3.63) is 45.7 Å². The molecule has 118 valence electrons. The Kier molecular flexibility index (Phi) is 4.60. The zero-order chi connectivity index (χ0) is 16.5. The molecule has 0 aliphatic heterocycles. The molecule has 0 aliphatic carbocycles. The number of benzene rings is 1. The lowest BCUT2D eigenvalue weighted by Gasteiger charge is -2.09. The van der Waals surface area contributed by atoms with Gasteiger partial charge in [0.15, 0.2) is 5.69 Å². The van der Waals surface area contributed by atoms with Gasteiger partial charge in [0, 0.05) is 5.69 Å². The topological polar surface area (TPSA) is 57.8 Å². The summed E-state index contributed by atoms with van der Waals surface area (Å²) < 4.78 is 38.4. The second-order valence-electron chi connectivity index (χ2n) is 4.99. The van der Waals surface area contributed by atoms with E-state index in [1.807, 2.05) is 13.8 Å². The molecule has 4 nitrogen and oxygen atoms in total. The number of hydrogen-bond acceptors (Lipinski definition) is 2. The third-order valence-electron chi connectivity index (χ3n) is 2.97. The Morgan fingerprint density at radius 1 is 1.36 bits per heavy atom. The van der Waals surface area contributed by atoms with Crippen molar-refractivity contribution in [3.8, 4) is 0 Å². The monoisotopic (exact) mass is 375 g/mol. The normalized spacial score (nSPS) is 11.8. The van der Waals surface area contributed by atoms with Crippen LogP contribution in [0.4, 0.5) is 18.9 Å². The molecule has 0 aliphatic rings. The fourth-order valence-corrected chi connectivity index (χ4v) is 2.65. The van der Waals surface area contributed by atoms with Gasteiger partial charge in [-0.1, -0.05) is 19.9 Å². The fourth-order valence-electron chi connectivity index (χ4n) is 1.84. The molecule has 2 rings (SSSR count). The largest absolute Gasteiger partial charge is 0.416 e. The van der Waals surface area contributed by atoms with Gasteiger partial charge in [0.25, 0.3) is 5.91 Å². The highest BCUT2D eigenvalue weighted by atomic mass is 79.9. The number of rotatable bonds is 3. The van der Waals surface area contributed by atoms with Gasteiger partial charge in [-0.25, -0.2) is 0 Å². The van der Waals surface area contributed by atoms with Crippen LogP contribution in [0.25, 0.3) is 0 Å². The summed E-state index contributed by atoms with van der Waals surface area (Å²) in [5.74, 6) is -0.466. The van der Waals surface area contributed by atoms with E-state index in [0.717, 1.165) is 17.8 Å². The first-order chi connectivity index (χ1) is 10.2. The predicted octanol–water partition coefficient (Wildman–Crippen LogP) is 4.57. The summed E-state index contributed by atoms with van der Waals surface area (Å²) in [5.41, 5.74) is 0.0744. The Balaban J connectivity index is 2.23. The SMILES string of the molecule is CC(C)c1[nH]nc(C(=O)Nc2cccc(C(F)(F)F)c2)c1Br. The van der Waals surface area contributed by atoms with Gasteiger partial charge in [-0.15, -0.1) is 0 Å². The third-order valence-corrected chi connectivity index (χ3v) is 3.78. The third kappa shape index (κ3) is 3.49. The molecular weight excluding hydrogens is 363 g/mol. The van der Waals surface area contributed by atoms with Crippen LogP contribution in [0.1, 0.15) is 41.5 Å². The van der Waals surface area contributed by atoms with E-state index in [2.05, 4.69) is 31.4 Å². The summed E-state index contributed by atoms with van der Waals surface area (Å²) in [7, 11) is 0. The van der Waals surface area contributed by atoms with Crippen molar-refractivity contribution in [1.82, 2.24) is 10.2 Å². The summed E-state index contributed by atoms with van der Waals surface area (Å²) in [5, 5.41) is 9.05. The van der Waals surface area contributed by atoms with Crippen molar-refractivity contribution in [1.29, 1.82) is 0 Å². The molecule has 0 radical (unpaired) electrons. The second kappa shape index (κ2) is 6.12. The van der Waals surface area contributed by atoms with Gasteiger partial charge in [-0.2, -0.15) is 18.3 Å². The average Bonchev–Trinajstić information content (AvgIpc) is 2.80. The lowest BCUT2D eigenvalue weighted by molar-refractivity contribution is -0.137. The van der Waals surface area contributed by atoms with Crippen molar-refractivity contribution >= 4 is 27.5 Å². The van der Waals surface area contributed by atoms with Crippen molar-refractivity contribution in [2.75, 3.05) is 5.32 Å². The molecule has 2 aromatic rings. The van der Waals surface area contributed by atoms with Crippen LogP contribution in [-0.4, -0.2) is 16.1 Å². The van der Waals surface area contributed by atoms with Crippen LogP contribution in [-0.2, 0) is 6.18 Å². The molecule has 1 aromatic carbocycles. The number of hydrogen-bond donors (Lipinski definition) is 2. The number of nitrogens with one attached hydrogen (secondary N) is 2. The van der Waals surface area contributed by atoms with Crippen LogP contribution >= 0.6 is 15.9 Å². The molecule has 0 bridgehead atoms. The van der Waals surface area contributed by atoms with Crippen LogP contribution in [0.3, 0.4) is 0 Å². The number of carbonyl (C=O) groups excluding carboxylic acids is 1. The van der Waals surface area contributed by atoms with E-state index in [4.69, 9.17) is 0 Å². The number of amides is 1. The average molecular weight is 376 g/mol. The summed E-state index contributed by atoms with van der Waals surface area (Å²) in [4.78, 5) is 12.1. The number of H-pyrrole nitrogens is 1. The number of carbonyl (C=O) groups is 1. The molecular formula is C14H13BrF3N3O. The first kappa shape index (κ1) is 16.5. The number of nitrogens with zero attached hydrogens (tertiary/aromatic N) is 1. The Labute approximate surface area is 133 Å². The lowest BCUT2D eigenvalue weighted by atomic mass is 10.1. The number of anilines is 1. The van der Waals surface area contributed by atoms with Gasteiger partial charge in [0.05, 0.1) is 15.7 Å². The molecule has 1 aromatic heterocycles. The van der Waals surface area contributed by atoms with Crippen molar-refractivity contribution in [3.63, 3.8) is 0 Å². The maximum Gasteiger partial charge on any atom is 0.416 e. The van der Waals surface area contributed by atoms with E-state index in [0.29, 0.717) is 4.47 Å². The minimum absolute atomic E-state index is 0.0563. The van der Waals surface area contributed by atoms with Gasteiger partial charge < -0.3 is 5.32 Å². The molecule has 0 saturated heterocycles. The molecule has 0 fully saturated rings. The van der Waals surface area contributed by atoms with E-state index in [1.54, 1.807) is 0 Å². The van der Waals surface area contributed by atoms with E-state index in [1.165, 1.54) is 12.1 Å². The minimum atomic E-state index is -4.46. The molecule has 0 saturated carbocycles. The number of halogens is 4. The van der Waals surface area contributed by atoms with Gasteiger partial charge in [0.1, 0.15) is 0 Å². The highest BCUT2D eigenvalue weighted by Crippen LogP contribution is 2.31. The Morgan fingerprint density at radius 3 is 2.59 bits per heavy atom. The number of aromatic amines is 1. The summed E-state index contributed by atoms with van der Waals surface area (Å²) >= 11 is 3.28. The smallest absolute Gasteiger partial charge is 0.321 e. The highest BCUT2D eigenvalue weighted by Gasteiger charge is 2.30. The predicted molar refractivity (Wildman–Crippen MR) is 79.8 cm³/mol. The fraction of sp³-hybridized carbons (Fsp3) is 0.286. The van der Waals surface area contributed by atoms with E-state index in [9.17, 15) is 18.0 Å². The maximum absolute atomic E-state index is 12.6. The van der Waals surface area contributed by atoms with Crippen molar-refractivity contribution in [2.24, 2.45) is 0 Å². The van der Waals surface area contributed by atoms with E-state index < -0.39 is 17.6 Å². The standard InChI is InChI=1S/C14H13BrF3N3O/c1-7(2)11-10(15)12(21-20-11)13(22)19-9-5-3-4-8(6-9)14(16,17)18/h3-7H,1-2H3,(H,19,22)(H,20,21). The van der Waals surface area contributed by atoms with Crippen LogP contribution < -0.4 is 5.32 Å². The molecule has 1 heterocycles. The summed E-state index contributed by atoms with van der Waals surface area (Å²) in [6.07, 6.45) is -4.46. The minimum Gasteiger partial charge on any atom is -0.321 e. The van der Waals surface area contributed by atoms with Gasteiger partial charge in [0.2, 0.25) is 0 Å². The highest BCUT2D eigenvalue weighted by molar-refractivity contribution is 9.10. The zero-order valence-electron chi connectivity index (χ0n) is 11.8. The first-order valence-corrected chi connectivity index (χ1v) is 7.22. The Bertz CT molecular complexity index is 695. The molecule has 1 amide bonds. The van der Waals surface area contributed by atoms with Crippen LogP contribution in [0.5, 0.6) is 0 Å². The first-order valence-electron chi connectivity index (χ1n) is 6.42. The quantitative estimate of drug-likeness (QED) is 0.825. The number of alkyl halides is 3. The maximum atomic E-state index is 12.6. The van der Waals surface area contributed by atoms with Gasteiger partial charge in [-0.05, 0) is 40.0 Å². The van der Waals surface area contributed by atoms with E-state index in [-0.39, 0.29) is 17.3 Å². The van der Waals surface area contributed by atoms with Crippen LogP contribution in [0.2, 0.25) is 0 Å².